The van der Waals surface area contributed by atoms with Crippen LogP contribution >= 0.6 is 11.6 Å². The Balaban J connectivity index is 1.86. The maximum absolute atomic E-state index is 15.0. The summed E-state index contributed by atoms with van der Waals surface area (Å²) in [5.74, 6) is -0.718. The first-order valence-corrected chi connectivity index (χ1v) is 9.63. The minimum atomic E-state index is -1.08. The molecule has 162 valence electrons. The zero-order valence-electron chi connectivity index (χ0n) is 16.5. The number of aromatic nitrogens is 4. The van der Waals surface area contributed by atoms with Gasteiger partial charge in [-0.25, -0.2) is 23.8 Å². The van der Waals surface area contributed by atoms with Crippen molar-refractivity contribution in [3.8, 4) is 5.75 Å². The van der Waals surface area contributed by atoms with Gasteiger partial charge in [0.15, 0.2) is 11.9 Å². The van der Waals surface area contributed by atoms with Crippen LogP contribution in [0.3, 0.4) is 0 Å². The summed E-state index contributed by atoms with van der Waals surface area (Å²) in [6.45, 7) is 2.01. The Kier molecular flexibility index (Phi) is 5.13. The zero-order chi connectivity index (χ0) is 22.4. The molecule has 0 aliphatic carbocycles. The first-order chi connectivity index (χ1) is 14.8. The summed E-state index contributed by atoms with van der Waals surface area (Å²) in [7, 11) is 1.40. The number of amides is 1. The molecule has 3 aromatic rings. The second-order valence-corrected chi connectivity index (χ2v) is 7.58. The van der Waals surface area contributed by atoms with Gasteiger partial charge in [-0.3, -0.25) is 4.79 Å². The minimum absolute atomic E-state index is 0.0726. The molecule has 0 radical (unpaired) electrons. The quantitative estimate of drug-likeness (QED) is 0.568. The zero-order valence-corrected chi connectivity index (χ0v) is 17.3. The summed E-state index contributed by atoms with van der Waals surface area (Å²) in [4.78, 5) is 31.9. The van der Waals surface area contributed by atoms with E-state index in [4.69, 9.17) is 27.2 Å². The number of nitrogens with two attached hydrogens (primary N) is 1. The van der Waals surface area contributed by atoms with Crippen LogP contribution < -0.4 is 10.5 Å². The van der Waals surface area contributed by atoms with Gasteiger partial charge in [-0.15, -0.1) is 0 Å². The molecule has 1 atom stereocenters. The lowest BCUT2D eigenvalue weighted by Crippen LogP contribution is -2.48. The fraction of sp³-hybridized carbons (Fsp3) is 0.316. The van der Waals surface area contributed by atoms with Crippen LogP contribution in [0.1, 0.15) is 40.5 Å². The van der Waals surface area contributed by atoms with E-state index >= 15 is 0 Å². The largest absolute Gasteiger partial charge is 0.496 e. The number of halogens is 2. The summed E-state index contributed by atoms with van der Waals surface area (Å²) in [5.41, 5.74) is 7.00. The number of nitrogens with zero attached hydrogens (tertiary/aromatic N) is 5. The highest BCUT2D eigenvalue weighted by Gasteiger charge is 2.37. The summed E-state index contributed by atoms with van der Waals surface area (Å²) < 4.78 is 22.0. The van der Waals surface area contributed by atoms with E-state index in [0.29, 0.717) is 22.9 Å². The molecule has 1 unspecified atom stereocenters. The monoisotopic (exact) mass is 448 g/mol. The van der Waals surface area contributed by atoms with Crippen molar-refractivity contribution in [2.45, 2.75) is 18.9 Å². The Morgan fingerprint density at radius 3 is 2.77 bits per heavy atom. The van der Waals surface area contributed by atoms with Crippen LogP contribution in [0, 0.1) is 5.82 Å². The van der Waals surface area contributed by atoms with Crippen LogP contribution in [0.15, 0.2) is 12.4 Å². The number of ether oxygens (including phenoxy) is 1. The Morgan fingerprint density at radius 2 is 2.16 bits per heavy atom. The van der Waals surface area contributed by atoms with Crippen molar-refractivity contribution in [3.63, 3.8) is 0 Å². The molecule has 0 saturated carbocycles. The molecule has 10 nitrogen and oxygen atoms in total. The number of aldehydes is 1. The summed E-state index contributed by atoms with van der Waals surface area (Å²) in [5, 5.41) is 13.6. The molecule has 1 aromatic carbocycles. The summed E-state index contributed by atoms with van der Waals surface area (Å²) in [6, 6.07) is 0.851. The molecule has 1 fully saturated rings. The Bertz CT molecular complexity index is 1210. The van der Waals surface area contributed by atoms with Gasteiger partial charge in [-0.2, -0.15) is 5.10 Å². The van der Waals surface area contributed by atoms with E-state index in [1.807, 2.05) is 0 Å². The number of carboxylic acid groups (broad SMARTS) is 1. The van der Waals surface area contributed by atoms with Crippen molar-refractivity contribution in [2.75, 3.05) is 25.9 Å². The molecule has 12 heteroatoms. The predicted molar refractivity (Wildman–Crippen MR) is 109 cm³/mol. The first-order valence-electron chi connectivity index (χ1n) is 9.25. The molecule has 3 N–H and O–H groups in total. The van der Waals surface area contributed by atoms with E-state index < -0.39 is 23.9 Å². The van der Waals surface area contributed by atoms with Gasteiger partial charge in [0, 0.05) is 30.1 Å². The van der Waals surface area contributed by atoms with Crippen molar-refractivity contribution >= 4 is 40.8 Å². The number of hydrogen-bond acceptors (Lipinski definition) is 7. The standard InChI is InChI=1S/C19H18ClFN6O4/c1-8(27-18-14(12(6-28)25-27)17(22)23-7-24-18)10-3-11(20)15(21)13(16(10)31-2)9-4-26(5-9)19(29)30/h3,6-9H,4-5H2,1-2H3,(H,29,30)(H2,22,23,24). The minimum Gasteiger partial charge on any atom is -0.496 e. The smallest absolute Gasteiger partial charge is 0.407 e. The third kappa shape index (κ3) is 3.21. The molecule has 31 heavy (non-hydrogen) atoms. The van der Waals surface area contributed by atoms with E-state index in [9.17, 15) is 14.0 Å². The Morgan fingerprint density at radius 1 is 1.45 bits per heavy atom. The predicted octanol–water partition coefficient (Wildman–Crippen LogP) is 2.71. The fourth-order valence-electron chi connectivity index (χ4n) is 3.88. The number of rotatable bonds is 5. The first kappa shape index (κ1) is 20.8. The van der Waals surface area contributed by atoms with Crippen LogP contribution in [-0.4, -0.2) is 62.3 Å². The number of fused-ring (bicyclic) bond motifs is 1. The van der Waals surface area contributed by atoms with Gasteiger partial charge in [0.1, 0.15) is 29.4 Å². The lowest BCUT2D eigenvalue weighted by molar-refractivity contribution is 0.103. The third-order valence-electron chi connectivity index (χ3n) is 5.47. The second kappa shape index (κ2) is 7.65. The highest BCUT2D eigenvalue weighted by Crippen LogP contribution is 2.43. The number of nitrogen functional groups attached to an aromatic ring is 1. The summed E-state index contributed by atoms with van der Waals surface area (Å²) in [6.07, 6.45) is 0.736. The van der Waals surface area contributed by atoms with Crippen LogP contribution in [0.5, 0.6) is 5.75 Å². The molecule has 3 heterocycles. The number of hydrogen-bond donors (Lipinski definition) is 2. The fourth-order valence-corrected chi connectivity index (χ4v) is 4.10. The van der Waals surface area contributed by atoms with Gasteiger partial charge in [-0.05, 0) is 13.0 Å². The number of carbonyl (C=O) groups excluding carboxylic acids is 1. The van der Waals surface area contributed by atoms with Crippen molar-refractivity contribution in [2.24, 2.45) is 0 Å². The number of likely N-dealkylation sites (tertiary alicyclic amines) is 1. The van der Waals surface area contributed by atoms with Crippen LogP contribution in [0.2, 0.25) is 5.02 Å². The van der Waals surface area contributed by atoms with Crippen LogP contribution in [-0.2, 0) is 0 Å². The maximum atomic E-state index is 15.0. The SMILES string of the molecule is COc1c(C(C)n2nc(C=O)c3c(N)ncnc32)cc(Cl)c(F)c1C1CN(C(=O)O)C1. The average molecular weight is 449 g/mol. The van der Waals surface area contributed by atoms with Crippen molar-refractivity contribution in [1.82, 2.24) is 24.6 Å². The molecule has 2 aromatic heterocycles. The van der Waals surface area contributed by atoms with Crippen molar-refractivity contribution < 1.29 is 23.8 Å². The number of anilines is 1. The Hall–Kier alpha value is -3.47. The highest BCUT2D eigenvalue weighted by atomic mass is 35.5. The van der Waals surface area contributed by atoms with Crippen molar-refractivity contribution in [1.29, 1.82) is 0 Å². The molecule has 4 rings (SSSR count). The number of benzene rings is 1. The third-order valence-corrected chi connectivity index (χ3v) is 5.75. The van der Waals surface area contributed by atoms with Gasteiger partial charge < -0.3 is 20.5 Å². The van der Waals surface area contributed by atoms with Gasteiger partial charge in [-0.1, -0.05) is 11.6 Å². The molecule has 1 saturated heterocycles. The summed E-state index contributed by atoms with van der Waals surface area (Å²) >= 11 is 6.19. The molecular weight excluding hydrogens is 431 g/mol. The van der Waals surface area contributed by atoms with E-state index in [1.165, 1.54) is 29.1 Å². The molecule has 1 amide bonds. The van der Waals surface area contributed by atoms with Gasteiger partial charge >= 0.3 is 6.09 Å². The van der Waals surface area contributed by atoms with E-state index in [2.05, 4.69) is 15.1 Å². The van der Waals surface area contributed by atoms with Gasteiger partial charge in [0.25, 0.3) is 0 Å². The molecule has 0 bridgehead atoms. The second-order valence-electron chi connectivity index (χ2n) is 7.17. The molecule has 1 aliphatic heterocycles. The number of carbonyl (C=O) groups is 2. The lowest BCUT2D eigenvalue weighted by atomic mass is 9.88. The van der Waals surface area contributed by atoms with Gasteiger partial charge in [0.2, 0.25) is 0 Å². The molecular formula is C19H18ClFN6O4. The normalized spacial score (nSPS) is 15.0. The molecule has 1 aliphatic rings. The van der Waals surface area contributed by atoms with E-state index in [0.717, 1.165) is 0 Å². The topological polar surface area (TPSA) is 136 Å². The number of methoxy groups -OCH3 is 1. The highest BCUT2D eigenvalue weighted by molar-refractivity contribution is 6.31. The molecule has 0 spiro atoms. The Labute approximate surface area is 180 Å². The van der Waals surface area contributed by atoms with Crippen LogP contribution in [0.4, 0.5) is 15.0 Å². The maximum Gasteiger partial charge on any atom is 0.407 e. The van der Waals surface area contributed by atoms with E-state index in [-0.39, 0.29) is 40.9 Å². The van der Waals surface area contributed by atoms with Crippen LogP contribution in [0.25, 0.3) is 11.0 Å². The van der Waals surface area contributed by atoms with Crippen molar-refractivity contribution in [3.05, 3.63) is 40.1 Å². The lowest BCUT2D eigenvalue weighted by Gasteiger charge is -2.38. The van der Waals surface area contributed by atoms with E-state index in [1.54, 1.807) is 6.92 Å². The van der Waals surface area contributed by atoms with Gasteiger partial charge in [0.05, 0.1) is 23.6 Å². The average Bonchev–Trinajstić information content (AvgIpc) is 3.09.